The number of nitrogens with zero attached hydrogens (tertiary/aromatic N) is 2. The zero-order chi connectivity index (χ0) is 17.2. The second-order valence-corrected chi connectivity index (χ2v) is 8.33. The molecule has 2 heterocycles. The normalized spacial score (nSPS) is 19.2. The van der Waals surface area contributed by atoms with Gasteiger partial charge in [-0.15, -0.1) is 0 Å². The molecule has 0 amide bonds. The molecular formula is C17H22N4O2S. The molecule has 1 atom stereocenters. The van der Waals surface area contributed by atoms with Crippen LogP contribution in [0.3, 0.4) is 0 Å². The van der Waals surface area contributed by atoms with Crippen LogP contribution in [0.5, 0.6) is 0 Å². The van der Waals surface area contributed by atoms with Crippen LogP contribution in [-0.4, -0.2) is 35.9 Å². The molecule has 1 fully saturated rings. The van der Waals surface area contributed by atoms with Gasteiger partial charge in [-0.05, 0) is 37.5 Å². The van der Waals surface area contributed by atoms with Gasteiger partial charge in [0, 0.05) is 17.8 Å². The van der Waals surface area contributed by atoms with Gasteiger partial charge in [-0.2, -0.15) is 0 Å². The lowest BCUT2D eigenvalue weighted by atomic mass is 10.1. The van der Waals surface area contributed by atoms with Gasteiger partial charge in [0.1, 0.15) is 17.5 Å². The molecule has 1 aliphatic rings. The molecule has 0 spiro atoms. The van der Waals surface area contributed by atoms with E-state index in [1.165, 1.54) is 5.56 Å². The van der Waals surface area contributed by atoms with Crippen LogP contribution >= 0.6 is 0 Å². The number of benzene rings is 1. The first-order valence-corrected chi connectivity index (χ1v) is 9.94. The van der Waals surface area contributed by atoms with Crippen molar-refractivity contribution in [2.24, 2.45) is 0 Å². The predicted molar refractivity (Wildman–Crippen MR) is 96.6 cm³/mol. The molecule has 0 saturated carbocycles. The maximum absolute atomic E-state index is 11.6. The highest BCUT2D eigenvalue weighted by Crippen LogP contribution is 2.21. The molecule has 1 saturated heterocycles. The number of hydrogen-bond donors (Lipinski definition) is 2. The van der Waals surface area contributed by atoms with E-state index in [9.17, 15) is 8.42 Å². The van der Waals surface area contributed by atoms with Gasteiger partial charge in [-0.3, -0.25) is 0 Å². The lowest BCUT2D eigenvalue weighted by molar-refractivity contribution is 0.602. The van der Waals surface area contributed by atoms with Crippen molar-refractivity contribution < 1.29 is 8.42 Å². The van der Waals surface area contributed by atoms with Crippen LogP contribution in [0.4, 0.5) is 17.3 Å². The summed E-state index contributed by atoms with van der Waals surface area (Å²) < 4.78 is 23.1. The zero-order valence-corrected chi connectivity index (χ0v) is 14.7. The minimum absolute atomic E-state index is 0.0824. The first-order chi connectivity index (χ1) is 11.4. The van der Waals surface area contributed by atoms with E-state index in [2.05, 4.69) is 39.7 Å². The van der Waals surface area contributed by atoms with Crippen LogP contribution in [0.1, 0.15) is 24.7 Å². The SMILES string of the molecule is CCc1ccc(Nc2cc(NC3CCS(=O)(=O)C3)nc(C)n2)cc1. The van der Waals surface area contributed by atoms with Crippen LogP contribution in [0.25, 0.3) is 0 Å². The highest BCUT2D eigenvalue weighted by molar-refractivity contribution is 7.91. The molecule has 1 aromatic heterocycles. The van der Waals surface area contributed by atoms with E-state index in [1.807, 2.05) is 25.1 Å². The number of rotatable bonds is 5. The molecule has 24 heavy (non-hydrogen) atoms. The summed E-state index contributed by atoms with van der Waals surface area (Å²) in [4.78, 5) is 8.75. The molecule has 1 aliphatic heterocycles. The Hall–Kier alpha value is -2.15. The Kier molecular flexibility index (Phi) is 4.71. The van der Waals surface area contributed by atoms with Crippen molar-refractivity contribution in [2.45, 2.75) is 32.7 Å². The summed E-state index contributed by atoms with van der Waals surface area (Å²) in [7, 11) is -2.91. The molecular weight excluding hydrogens is 324 g/mol. The van der Waals surface area contributed by atoms with Crippen molar-refractivity contribution in [3.8, 4) is 0 Å². The van der Waals surface area contributed by atoms with E-state index in [0.717, 1.165) is 12.1 Å². The molecule has 0 radical (unpaired) electrons. The summed E-state index contributed by atoms with van der Waals surface area (Å²) in [6.07, 6.45) is 1.62. The average Bonchev–Trinajstić information content (AvgIpc) is 2.86. The van der Waals surface area contributed by atoms with Crippen LogP contribution < -0.4 is 10.6 Å². The quantitative estimate of drug-likeness (QED) is 0.866. The second kappa shape index (κ2) is 6.76. The van der Waals surface area contributed by atoms with Gasteiger partial charge in [0.2, 0.25) is 0 Å². The summed E-state index contributed by atoms with van der Waals surface area (Å²) in [6, 6.07) is 9.93. The van der Waals surface area contributed by atoms with E-state index in [-0.39, 0.29) is 17.5 Å². The summed E-state index contributed by atoms with van der Waals surface area (Å²) in [6.45, 7) is 3.94. The van der Waals surface area contributed by atoms with Gasteiger partial charge < -0.3 is 10.6 Å². The molecule has 0 bridgehead atoms. The minimum Gasteiger partial charge on any atom is -0.366 e. The Morgan fingerprint density at radius 3 is 2.50 bits per heavy atom. The van der Waals surface area contributed by atoms with E-state index in [4.69, 9.17) is 0 Å². The van der Waals surface area contributed by atoms with Crippen LogP contribution in [0, 0.1) is 6.92 Å². The number of nitrogens with one attached hydrogen (secondary N) is 2. The van der Waals surface area contributed by atoms with Crippen molar-refractivity contribution in [2.75, 3.05) is 22.1 Å². The first kappa shape index (κ1) is 16.7. The van der Waals surface area contributed by atoms with Gasteiger partial charge in [0.25, 0.3) is 0 Å². The van der Waals surface area contributed by atoms with Gasteiger partial charge in [-0.1, -0.05) is 19.1 Å². The number of sulfone groups is 1. The highest BCUT2D eigenvalue weighted by Gasteiger charge is 2.28. The fourth-order valence-electron chi connectivity index (χ4n) is 2.80. The summed E-state index contributed by atoms with van der Waals surface area (Å²) in [5.41, 5.74) is 2.24. The molecule has 6 nitrogen and oxygen atoms in total. The molecule has 2 N–H and O–H groups in total. The Bertz CT molecular complexity index is 819. The Morgan fingerprint density at radius 1 is 1.17 bits per heavy atom. The number of anilines is 3. The maximum atomic E-state index is 11.6. The van der Waals surface area contributed by atoms with Gasteiger partial charge in [0.05, 0.1) is 11.5 Å². The van der Waals surface area contributed by atoms with Crippen LogP contribution in [-0.2, 0) is 16.3 Å². The van der Waals surface area contributed by atoms with E-state index in [0.29, 0.717) is 23.9 Å². The molecule has 2 aromatic rings. The molecule has 0 aliphatic carbocycles. The summed E-state index contributed by atoms with van der Waals surface area (Å²) in [5, 5.41) is 6.48. The van der Waals surface area contributed by atoms with E-state index in [1.54, 1.807) is 0 Å². The number of aryl methyl sites for hydroxylation is 2. The summed E-state index contributed by atoms with van der Waals surface area (Å²) >= 11 is 0. The summed E-state index contributed by atoms with van der Waals surface area (Å²) in [5.74, 6) is 2.38. The maximum Gasteiger partial charge on any atom is 0.152 e. The van der Waals surface area contributed by atoms with E-state index >= 15 is 0 Å². The number of aromatic nitrogens is 2. The average molecular weight is 346 g/mol. The lowest BCUT2D eigenvalue weighted by Crippen LogP contribution is -2.21. The zero-order valence-electron chi connectivity index (χ0n) is 13.9. The molecule has 7 heteroatoms. The minimum atomic E-state index is -2.91. The fraction of sp³-hybridized carbons (Fsp3) is 0.412. The Labute approximate surface area is 142 Å². The highest BCUT2D eigenvalue weighted by atomic mass is 32.2. The van der Waals surface area contributed by atoms with Crippen LogP contribution in [0.15, 0.2) is 30.3 Å². The monoisotopic (exact) mass is 346 g/mol. The van der Waals surface area contributed by atoms with Gasteiger partial charge >= 0.3 is 0 Å². The number of hydrogen-bond acceptors (Lipinski definition) is 6. The van der Waals surface area contributed by atoms with Crippen molar-refractivity contribution in [1.29, 1.82) is 0 Å². The molecule has 128 valence electrons. The Morgan fingerprint density at radius 2 is 1.88 bits per heavy atom. The third-order valence-electron chi connectivity index (χ3n) is 4.06. The first-order valence-electron chi connectivity index (χ1n) is 8.12. The lowest BCUT2D eigenvalue weighted by Gasteiger charge is -2.14. The van der Waals surface area contributed by atoms with Crippen molar-refractivity contribution in [3.05, 3.63) is 41.7 Å². The predicted octanol–water partition coefficient (Wildman–Crippen LogP) is 2.69. The smallest absolute Gasteiger partial charge is 0.152 e. The van der Waals surface area contributed by atoms with Gasteiger partial charge in [0.15, 0.2) is 9.84 Å². The van der Waals surface area contributed by atoms with Crippen molar-refractivity contribution in [1.82, 2.24) is 9.97 Å². The van der Waals surface area contributed by atoms with Gasteiger partial charge in [-0.25, -0.2) is 18.4 Å². The van der Waals surface area contributed by atoms with E-state index < -0.39 is 9.84 Å². The van der Waals surface area contributed by atoms with Crippen molar-refractivity contribution >= 4 is 27.2 Å². The largest absolute Gasteiger partial charge is 0.366 e. The third kappa shape index (κ3) is 4.23. The molecule has 1 unspecified atom stereocenters. The molecule has 3 rings (SSSR count). The molecule has 1 aromatic carbocycles. The van der Waals surface area contributed by atoms with Crippen LogP contribution in [0.2, 0.25) is 0 Å². The van der Waals surface area contributed by atoms with Crippen molar-refractivity contribution in [3.63, 3.8) is 0 Å². The third-order valence-corrected chi connectivity index (χ3v) is 5.82. The Balaban J connectivity index is 1.73. The topological polar surface area (TPSA) is 84.0 Å². The second-order valence-electron chi connectivity index (χ2n) is 6.11. The standard InChI is InChI=1S/C17H22N4O2S/c1-3-13-4-6-14(7-5-13)20-16-10-17(19-12(2)18-16)21-15-8-9-24(22,23)11-15/h4-7,10,15H,3,8-9,11H2,1-2H3,(H2,18,19,20,21). The fourth-order valence-corrected chi connectivity index (χ4v) is 4.47.